The van der Waals surface area contributed by atoms with Crippen molar-refractivity contribution in [3.8, 4) is 0 Å². The number of carbonyl (C=O) groups excluding carboxylic acids is 2. The van der Waals surface area contributed by atoms with Crippen LogP contribution < -0.4 is 5.32 Å². The van der Waals surface area contributed by atoms with Crippen LogP contribution in [0.1, 0.15) is 13.3 Å². The van der Waals surface area contributed by atoms with E-state index in [1.54, 1.807) is 18.7 Å². The lowest BCUT2D eigenvalue weighted by Gasteiger charge is -2.23. The SMILES string of the molecule is COC(=O)[C@@H]1CSC2(CCN(C(C)=O)C2)N1. The molecule has 0 radical (unpaired) electrons. The lowest BCUT2D eigenvalue weighted by molar-refractivity contribution is -0.142. The average Bonchev–Trinajstić information content (AvgIpc) is 2.86. The zero-order chi connectivity index (χ0) is 11.8. The van der Waals surface area contributed by atoms with Gasteiger partial charge >= 0.3 is 5.97 Å². The second-order valence-electron chi connectivity index (χ2n) is 4.22. The molecule has 0 aromatic heterocycles. The molecule has 0 saturated carbocycles. The minimum Gasteiger partial charge on any atom is -0.468 e. The summed E-state index contributed by atoms with van der Waals surface area (Å²) < 4.78 is 4.72. The maximum Gasteiger partial charge on any atom is 0.323 e. The van der Waals surface area contributed by atoms with Gasteiger partial charge in [-0.15, -0.1) is 11.8 Å². The molecular weight excluding hydrogens is 228 g/mol. The average molecular weight is 244 g/mol. The maximum absolute atomic E-state index is 11.4. The summed E-state index contributed by atoms with van der Waals surface area (Å²) in [5.74, 6) is 0.602. The van der Waals surface area contributed by atoms with Crippen LogP contribution in [0.3, 0.4) is 0 Å². The van der Waals surface area contributed by atoms with Gasteiger partial charge in [0.25, 0.3) is 0 Å². The van der Waals surface area contributed by atoms with E-state index in [9.17, 15) is 9.59 Å². The van der Waals surface area contributed by atoms with E-state index in [1.807, 2.05) is 4.90 Å². The Balaban J connectivity index is 1.98. The molecular formula is C10H16N2O3S. The van der Waals surface area contributed by atoms with Crippen LogP contribution in [0.25, 0.3) is 0 Å². The van der Waals surface area contributed by atoms with Crippen molar-refractivity contribution in [3.05, 3.63) is 0 Å². The molecule has 16 heavy (non-hydrogen) atoms. The van der Waals surface area contributed by atoms with Crippen LogP contribution >= 0.6 is 11.8 Å². The molecule has 1 amide bonds. The normalized spacial score (nSPS) is 33.4. The summed E-state index contributed by atoms with van der Waals surface area (Å²) in [6.45, 7) is 3.03. The second-order valence-corrected chi connectivity index (χ2v) is 5.62. The van der Waals surface area contributed by atoms with Crippen molar-refractivity contribution in [2.75, 3.05) is 26.0 Å². The highest BCUT2D eigenvalue weighted by Gasteiger charge is 2.47. The predicted molar refractivity (Wildman–Crippen MR) is 61.0 cm³/mol. The van der Waals surface area contributed by atoms with Gasteiger partial charge in [-0.3, -0.25) is 14.9 Å². The number of likely N-dealkylation sites (tertiary alicyclic amines) is 1. The fourth-order valence-corrected chi connectivity index (χ4v) is 3.61. The Bertz CT molecular complexity index is 323. The zero-order valence-corrected chi connectivity index (χ0v) is 10.3. The molecule has 1 N–H and O–H groups in total. The molecule has 2 fully saturated rings. The number of rotatable bonds is 1. The third-order valence-corrected chi connectivity index (χ3v) is 4.63. The van der Waals surface area contributed by atoms with Crippen LogP contribution in [0.15, 0.2) is 0 Å². The van der Waals surface area contributed by atoms with Gasteiger partial charge in [0.1, 0.15) is 6.04 Å². The van der Waals surface area contributed by atoms with Gasteiger partial charge in [0.05, 0.1) is 12.0 Å². The largest absolute Gasteiger partial charge is 0.468 e. The summed E-state index contributed by atoms with van der Waals surface area (Å²) in [4.78, 5) is 24.3. The molecule has 0 aromatic carbocycles. The summed E-state index contributed by atoms with van der Waals surface area (Å²) in [6.07, 6.45) is 0.894. The third kappa shape index (κ3) is 2.04. The Labute approximate surface area is 98.9 Å². The van der Waals surface area contributed by atoms with E-state index in [0.717, 1.165) is 18.7 Å². The first-order valence-electron chi connectivity index (χ1n) is 5.31. The van der Waals surface area contributed by atoms with Crippen molar-refractivity contribution in [2.24, 2.45) is 0 Å². The van der Waals surface area contributed by atoms with E-state index >= 15 is 0 Å². The van der Waals surface area contributed by atoms with E-state index in [2.05, 4.69) is 5.32 Å². The van der Waals surface area contributed by atoms with Gasteiger partial charge in [0, 0.05) is 25.8 Å². The molecule has 2 aliphatic heterocycles. The zero-order valence-electron chi connectivity index (χ0n) is 9.49. The van der Waals surface area contributed by atoms with Crippen molar-refractivity contribution in [2.45, 2.75) is 24.3 Å². The quantitative estimate of drug-likeness (QED) is 0.648. The number of thioether (sulfide) groups is 1. The number of ether oxygens (including phenoxy) is 1. The van der Waals surface area contributed by atoms with Crippen LogP contribution in [0.2, 0.25) is 0 Å². The smallest absolute Gasteiger partial charge is 0.323 e. The maximum atomic E-state index is 11.4. The Hall–Kier alpha value is -0.750. The number of nitrogens with one attached hydrogen (secondary N) is 1. The lowest BCUT2D eigenvalue weighted by Crippen LogP contribution is -2.47. The first-order chi connectivity index (χ1) is 7.56. The number of carbonyl (C=O) groups is 2. The minimum atomic E-state index is -0.234. The van der Waals surface area contributed by atoms with Gasteiger partial charge in [-0.1, -0.05) is 0 Å². The number of hydrogen-bond donors (Lipinski definition) is 1. The molecule has 5 nitrogen and oxygen atoms in total. The fourth-order valence-electron chi connectivity index (χ4n) is 2.20. The number of hydrogen-bond acceptors (Lipinski definition) is 5. The highest BCUT2D eigenvalue weighted by molar-refractivity contribution is 8.01. The van der Waals surface area contributed by atoms with Gasteiger partial charge in [0.2, 0.25) is 5.91 Å². The van der Waals surface area contributed by atoms with E-state index < -0.39 is 0 Å². The number of nitrogens with zero attached hydrogens (tertiary/aromatic N) is 1. The molecule has 6 heteroatoms. The summed E-state index contributed by atoms with van der Waals surface area (Å²) in [5.41, 5.74) is 0. The van der Waals surface area contributed by atoms with Gasteiger partial charge < -0.3 is 9.64 Å². The van der Waals surface area contributed by atoms with Gasteiger partial charge in [-0.25, -0.2) is 0 Å². The van der Waals surface area contributed by atoms with Crippen molar-refractivity contribution < 1.29 is 14.3 Å². The Morgan fingerprint density at radius 2 is 2.31 bits per heavy atom. The molecule has 2 rings (SSSR count). The molecule has 0 aromatic rings. The lowest BCUT2D eigenvalue weighted by atomic mass is 10.2. The Kier molecular flexibility index (Phi) is 3.12. The molecule has 0 bridgehead atoms. The fraction of sp³-hybridized carbons (Fsp3) is 0.800. The van der Waals surface area contributed by atoms with Gasteiger partial charge in [-0.05, 0) is 6.42 Å². The third-order valence-electron chi connectivity index (χ3n) is 3.13. The minimum absolute atomic E-state index is 0.0980. The number of amides is 1. The molecule has 90 valence electrons. The summed E-state index contributed by atoms with van der Waals surface area (Å²) in [7, 11) is 1.40. The van der Waals surface area contributed by atoms with Crippen LogP contribution in [0, 0.1) is 0 Å². The molecule has 2 heterocycles. The first kappa shape index (κ1) is 11.7. The number of methoxy groups -OCH3 is 1. The number of esters is 1. The second kappa shape index (κ2) is 4.25. The van der Waals surface area contributed by atoms with Crippen molar-refractivity contribution in [1.82, 2.24) is 10.2 Å². The van der Waals surface area contributed by atoms with Crippen molar-refractivity contribution in [1.29, 1.82) is 0 Å². The Morgan fingerprint density at radius 1 is 1.56 bits per heavy atom. The summed E-state index contributed by atoms with van der Waals surface area (Å²) in [5, 5.41) is 3.30. The monoisotopic (exact) mass is 244 g/mol. The molecule has 2 saturated heterocycles. The highest BCUT2D eigenvalue weighted by atomic mass is 32.2. The van der Waals surface area contributed by atoms with Crippen LogP contribution in [0.5, 0.6) is 0 Å². The highest BCUT2D eigenvalue weighted by Crippen LogP contribution is 2.38. The van der Waals surface area contributed by atoms with E-state index in [-0.39, 0.29) is 22.8 Å². The van der Waals surface area contributed by atoms with Crippen molar-refractivity contribution in [3.63, 3.8) is 0 Å². The Morgan fingerprint density at radius 3 is 2.88 bits per heavy atom. The van der Waals surface area contributed by atoms with E-state index in [0.29, 0.717) is 6.54 Å². The van der Waals surface area contributed by atoms with Crippen molar-refractivity contribution >= 4 is 23.6 Å². The molecule has 2 aliphatic rings. The van der Waals surface area contributed by atoms with Gasteiger partial charge in [-0.2, -0.15) is 0 Å². The molecule has 1 unspecified atom stereocenters. The molecule has 1 spiro atoms. The van der Waals surface area contributed by atoms with Gasteiger partial charge in [0.15, 0.2) is 0 Å². The summed E-state index contributed by atoms with van der Waals surface area (Å²) >= 11 is 1.72. The molecule has 2 atom stereocenters. The topological polar surface area (TPSA) is 58.6 Å². The van der Waals surface area contributed by atoms with Crippen LogP contribution in [-0.2, 0) is 14.3 Å². The van der Waals surface area contributed by atoms with Crippen LogP contribution in [0.4, 0.5) is 0 Å². The summed E-state index contributed by atoms with van der Waals surface area (Å²) in [6, 6.07) is -0.234. The standard InChI is InChI=1S/C10H16N2O3S/c1-7(13)12-4-3-10(6-12)11-8(5-16-10)9(14)15-2/h8,11H,3-6H2,1-2H3/t8-,10?/m0/s1. The molecule has 0 aliphatic carbocycles. The van der Waals surface area contributed by atoms with E-state index in [4.69, 9.17) is 4.74 Å². The van der Waals surface area contributed by atoms with E-state index in [1.165, 1.54) is 7.11 Å². The van der Waals surface area contributed by atoms with Crippen LogP contribution in [-0.4, -0.2) is 53.6 Å². The first-order valence-corrected chi connectivity index (χ1v) is 6.30. The predicted octanol–water partition coefficient (Wildman–Crippen LogP) is -0.187.